The number of aromatic nitrogens is 2. The van der Waals surface area contributed by atoms with Crippen LogP contribution in [0.25, 0.3) is 10.2 Å². The van der Waals surface area contributed by atoms with E-state index in [-0.39, 0.29) is 5.56 Å². The fraction of sp³-hybridized carbons (Fsp3) is 0.478. The zero-order valence-corrected chi connectivity index (χ0v) is 18.0. The SMILES string of the molecule is Cc1sc2ncn(CC3(O)CCN(CCCc4ccccc4)CC3)c(=O)c2c1C. The van der Waals surface area contributed by atoms with Crippen LogP contribution < -0.4 is 5.56 Å². The van der Waals surface area contributed by atoms with Gasteiger partial charge >= 0.3 is 0 Å². The fourth-order valence-corrected chi connectivity index (χ4v) is 5.19. The minimum absolute atomic E-state index is 0.0319. The second-order valence-corrected chi connectivity index (χ2v) is 9.50. The molecule has 4 rings (SSSR count). The lowest BCUT2D eigenvalue weighted by atomic mass is 9.91. The zero-order chi connectivity index (χ0) is 20.4. The molecule has 1 N–H and O–H groups in total. The molecular formula is C23H29N3O2S. The molecule has 6 heteroatoms. The molecule has 0 radical (unpaired) electrons. The third-order valence-corrected chi connectivity index (χ3v) is 7.31. The van der Waals surface area contributed by atoms with Crippen molar-refractivity contribution in [3.63, 3.8) is 0 Å². The van der Waals surface area contributed by atoms with Crippen molar-refractivity contribution >= 4 is 21.6 Å². The maximum absolute atomic E-state index is 12.9. The molecule has 0 unspecified atom stereocenters. The Balaban J connectivity index is 1.35. The molecule has 29 heavy (non-hydrogen) atoms. The summed E-state index contributed by atoms with van der Waals surface area (Å²) < 4.78 is 1.60. The van der Waals surface area contributed by atoms with E-state index in [1.165, 1.54) is 5.56 Å². The van der Waals surface area contributed by atoms with E-state index >= 15 is 0 Å². The van der Waals surface area contributed by atoms with Crippen LogP contribution >= 0.6 is 11.3 Å². The number of aryl methyl sites for hydroxylation is 3. The van der Waals surface area contributed by atoms with Gasteiger partial charge in [0.05, 0.1) is 23.9 Å². The molecule has 1 fully saturated rings. The first-order valence-corrected chi connectivity index (χ1v) is 11.2. The zero-order valence-electron chi connectivity index (χ0n) is 17.2. The summed E-state index contributed by atoms with van der Waals surface area (Å²) in [5, 5.41) is 11.8. The summed E-state index contributed by atoms with van der Waals surface area (Å²) in [6.45, 7) is 7.10. The molecular weight excluding hydrogens is 382 g/mol. The normalized spacial score (nSPS) is 17.1. The van der Waals surface area contributed by atoms with Crippen molar-refractivity contribution in [2.24, 2.45) is 0 Å². The second kappa shape index (κ2) is 8.38. The molecule has 3 heterocycles. The quantitative estimate of drug-likeness (QED) is 0.674. The van der Waals surface area contributed by atoms with E-state index in [9.17, 15) is 9.90 Å². The Bertz CT molecular complexity index is 1030. The summed E-state index contributed by atoms with van der Waals surface area (Å²) in [5.74, 6) is 0. The second-order valence-electron chi connectivity index (χ2n) is 8.30. The van der Waals surface area contributed by atoms with Crippen molar-refractivity contribution in [3.8, 4) is 0 Å². The van der Waals surface area contributed by atoms with Crippen molar-refractivity contribution in [1.82, 2.24) is 14.5 Å². The third kappa shape index (κ3) is 4.44. The molecule has 0 atom stereocenters. The molecule has 0 saturated carbocycles. The summed E-state index contributed by atoms with van der Waals surface area (Å²) in [5.41, 5.74) is 1.52. The minimum atomic E-state index is -0.839. The summed E-state index contributed by atoms with van der Waals surface area (Å²) in [6.07, 6.45) is 5.18. The Morgan fingerprint density at radius 1 is 1.17 bits per heavy atom. The van der Waals surface area contributed by atoms with Gasteiger partial charge in [-0.25, -0.2) is 4.98 Å². The summed E-state index contributed by atoms with van der Waals surface area (Å²) in [6, 6.07) is 10.6. The number of rotatable bonds is 6. The highest BCUT2D eigenvalue weighted by Gasteiger charge is 2.33. The van der Waals surface area contributed by atoms with Gasteiger partial charge in [0, 0.05) is 18.0 Å². The molecule has 154 valence electrons. The van der Waals surface area contributed by atoms with Crippen LogP contribution in [0.2, 0.25) is 0 Å². The van der Waals surface area contributed by atoms with Crippen LogP contribution in [0.5, 0.6) is 0 Å². The van der Waals surface area contributed by atoms with E-state index in [1.54, 1.807) is 22.2 Å². The molecule has 3 aromatic rings. The first-order valence-electron chi connectivity index (χ1n) is 10.4. The minimum Gasteiger partial charge on any atom is -0.388 e. The van der Waals surface area contributed by atoms with Gasteiger partial charge in [-0.1, -0.05) is 30.3 Å². The smallest absolute Gasteiger partial charge is 0.262 e. The van der Waals surface area contributed by atoms with E-state index in [2.05, 4.69) is 40.2 Å². The molecule has 2 aromatic heterocycles. The molecule has 0 spiro atoms. The number of nitrogens with zero attached hydrogens (tertiary/aromatic N) is 3. The fourth-order valence-electron chi connectivity index (χ4n) is 4.20. The maximum atomic E-state index is 12.9. The lowest BCUT2D eigenvalue weighted by molar-refractivity contribution is -0.0348. The number of piperidine rings is 1. The molecule has 1 saturated heterocycles. The molecule has 1 aromatic carbocycles. The Morgan fingerprint density at radius 3 is 2.62 bits per heavy atom. The number of fused-ring (bicyclic) bond motifs is 1. The molecule has 0 amide bonds. The Labute approximate surface area is 175 Å². The Morgan fingerprint density at radius 2 is 1.90 bits per heavy atom. The molecule has 1 aliphatic heterocycles. The molecule has 0 bridgehead atoms. The first kappa shape index (κ1) is 20.3. The van der Waals surface area contributed by atoms with Crippen molar-refractivity contribution < 1.29 is 5.11 Å². The van der Waals surface area contributed by atoms with Crippen LogP contribution in [0, 0.1) is 13.8 Å². The van der Waals surface area contributed by atoms with Gasteiger partial charge in [0.1, 0.15) is 4.83 Å². The van der Waals surface area contributed by atoms with Gasteiger partial charge in [-0.15, -0.1) is 11.3 Å². The number of thiophene rings is 1. The van der Waals surface area contributed by atoms with Crippen LogP contribution in [0.3, 0.4) is 0 Å². The number of hydrogen-bond donors (Lipinski definition) is 1. The van der Waals surface area contributed by atoms with Gasteiger partial charge in [0.15, 0.2) is 0 Å². The predicted molar refractivity (Wildman–Crippen MR) is 119 cm³/mol. The molecule has 1 aliphatic rings. The van der Waals surface area contributed by atoms with E-state index in [4.69, 9.17) is 0 Å². The Kier molecular flexibility index (Phi) is 5.86. The summed E-state index contributed by atoms with van der Waals surface area (Å²) in [4.78, 5) is 21.7. The van der Waals surface area contributed by atoms with Crippen molar-refractivity contribution in [1.29, 1.82) is 0 Å². The van der Waals surface area contributed by atoms with Gasteiger partial charge in [0.25, 0.3) is 5.56 Å². The van der Waals surface area contributed by atoms with Crippen LogP contribution in [-0.2, 0) is 13.0 Å². The lowest BCUT2D eigenvalue weighted by Crippen LogP contribution is -2.48. The topological polar surface area (TPSA) is 58.4 Å². The van der Waals surface area contributed by atoms with E-state index < -0.39 is 5.60 Å². The maximum Gasteiger partial charge on any atom is 0.262 e. The highest BCUT2D eigenvalue weighted by molar-refractivity contribution is 7.18. The van der Waals surface area contributed by atoms with Crippen LogP contribution in [-0.4, -0.2) is 44.8 Å². The average molecular weight is 412 g/mol. The van der Waals surface area contributed by atoms with Crippen molar-refractivity contribution in [3.05, 3.63) is 63.0 Å². The van der Waals surface area contributed by atoms with Crippen LogP contribution in [0.1, 0.15) is 35.3 Å². The predicted octanol–water partition coefficient (Wildman–Crippen LogP) is 3.53. The van der Waals surface area contributed by atoms with Gasteiger partial charge < -0.3 is 10.0 Å². The summed E-state index contributed by atoms with van der Waals surface area (Å²) >= 11 is 1.56. The molecule has 5 nitrogen and oxygen atoms in total. The average Bonchev–Trinajstić information content (AvgIpc) is 3.01. The van der Waals surface area contributed by atoms with Crippen molar-refractivity contribution in [2.45, 2.75) is 51.7 Å². The highest BCUT2D eigenvalue weighted by atomic mass is 32.1. The van der Waals surface area contributed by atoms with Gasteiger partial charge in [-0.05, 0) is 57.2 Å². The molecule has 0 aliphatic carbocycles. The number of benzene rings is 1. The number of hydrogen-bond acceptors (Lipinski definition) is 5. The van der Waals surface area contributed by atoms with Crippen LogP contribution in [0.15, 0.2) is 41.5 Å². The number of likely N-dealkylation sites (tertiary alicyclic amines) is 1. The lowest BCUT2D eigenvalue weighted by Gasteiger charge is -2.38. The van der Waals surface area contributed by atoms with Crippen LogP contribution in [0.4, 0.5) is 0 Å². The van der Waals surface area contributed by atoms with E-state index in [0.717, 1.165) is 47.7 Å². The van der Waals surface area contributed by atoms with E-state index in [1.807, 2.05) is 13.8 Å². The Hall–Kier alpha value is -2.02. The monoisotopic (exact) mass is 411 g/mol. The van der Waals surface area contributed by atoms with Crippen molar-refractivity contribution in [2.75, 3.05) is 19.6 Å². The first-order chi connectivity index (χ1) is 14.0. The van der Waals surface area contributed by atoms with Gasteiger partial charge in [0.2, 0.25) is 0 Å². The van der Waals surface area contributed by atoms with Gasteiger partial charge in [-0.2, -0.15) is 0 Å². The van der Waals surface area contributed by atoms with Gasteiger partial charge in [-0.3, -0.25) is 9.36 Å². The standard InChI is InChI=1S/C23H29N3O2S/c1-17-18(2)29-21-20(17)22(27)26(16-24-21)15-23(28)10-13-25(14-11-23)12-6-9-19-7-4-3-5-8-19/h3-5,7-8,16,28H,6,9-15H2,1-2H3. The third-order valence-electron chi connectivity index (χ3n) is 6.19. The largest absolute Gasteiger partial charge is 0.388 e. The summed E-state index contributed by atoms with van der Waals surface area (Å²) in [7, 11) is 0. The highest BCUT2D eigenvalue weighted by Crippen LogP contribution is 2.27. The van der Waals surface area contributed by atoms with E-state index in [0.29, 0.717) is 24.8 Å². The number of aliphatic hydroxyl groups is 1.